The van der Waals surface area contributed by atoms with E-state index in [0.29, 0.717) is 18.1 Å². The first-order valence-electron chi connectivity index (χ1n) is 9.43. The lowest BCUT2D eigenvalue weighted by atomic mass is 9.99. The van der Waals surface area contributed by atoms with Gasteiger partial charge in [0.1, 0.15) is 11.3 Å². The number of ether oxygens (including phenoxy) is 1. The van der Waals surface area contributed by atoms with E-state index in [0.717, 1.165) is 55.6 Å². The smallest absolute Gasteiger partial charge is 0.290 e. The van der Waals surface area contributed by atoms with Crippen LogP contribution in [0.25, 0.3) is 11.2 Å². The van der Waals surface area contributed by atoms with E-state index in [2.05, 4.69) is 46.5 Å². The van der Waals surface area contributed by atoms with Crippen molar-refractivity contribution in [1.29, 1.82) is 0 Å². The Morgan fingerprint density at radius 1 is 1.31 bits per heavy atom. The van der Waals surface area contributed by atoms with Crippen molar-refractivity contribution in [3.63, 3.8) is 0 Å². The van der Waals surface area contributed by atoms with Gasteiger partial charge in [0.2, 0.25) is 5.95 Å². The zero-order valence-corrected chi connectivity index (χ0v) is 16.0. The third-order valence-electron chi connectivity index (χ3n) is 5.22. The summed E-state index contributed by atoms with van der Waals surface area (Å²) in [5.41, 5.74) is 7.25. The van der Waals surface area contributed by atoms with Crippen molar-refractivity contribution in [2.24, 2.45) is 0 Å². The number of imidazole rings is 1. The van der Waals surface area contributed by atoms with Crippen LogP contribution in [0.5, 0.6) is 0 Å². The van der Waals surface area contributed by atoms with Gasteiger partial charge < -0.3 is 30.0 Å². The number of nitrogens with two attached hydrogens (primary N) is 1. The number of H-pyrrole nitrogens is 1. The highest BCUT2D eigenvalue weighted by atomic mass is 16.5. The number of aromatic amines is 1. The molecule has 1 atom stereocenters. The maximum absolute atomic E-state index is 8.36. The van der Waals surface area contributed by atoms with Crippen LogP contribution in [0.4, 0.5) is 11.8 Å². The van der Waals surface area contributed by atoms with Crippen molar-refractivity contribution >= 4 is 29.4 Å². The Bertz CT molecular complexity index is 995. The molecular formula is C17H23N9O3. The molecule has 2 aliphatic heterocycles. The van der Waals surface area contributed by atoms with E-state index in [9.17, 15) is 0 Å². The van der Waals surface area contributed by atoms with E-state index < -0.39 is 0 Å². The van der Waals surface area contributed by atoms with E-state index in [4.69, 9.17) is 20.4 Å². The fraction of sp³-hybridized carbons (Fsp3) is 0.529. The first kappa shape index (κ1) is 19.1. The Morgan fingerprint density at radius 2 is 2.07 bits per heavy atom. The second-order valence-electron chi connectivity index (χ2n) is 7.07. The summed E-state index contributed by atoms with van der Waals surface area (Å²) < 4.78 is 7.78. The number of nitrogen functional groups attached to an aromatic ring is 1. The molecule has 0 bridgehead atoms. The molecule has 2 aliphatic rings. The average molecular weight is 401 g/mol. The Labute approximate surface area is 166 Å². The molecular weight excluding hydrogens is 378 g/mol. The van der Waals surface area contributed by atoms with Crippen LogP contribution in [0, 0.1) is 0 Å². The van der Waals surface area contributed by atoms with Crippen LogP contribution >= 0.6 is 0 Å². The van der Waals surface area contributed by atoms with Crippen molar-refractivity contribution in [3.05, 3.63) is 18.0 Å². The zero-order valence-electron chi connectivity index (χ0n) is 16.0. The molecule has 12 nitrogen and oxygen atoms in total. The van der Waals surface area contributed by atoms with Crippen LogP contribution in [-0.4, -0.2) is 66.0 Å². The minimum atomic E-state index is -0.250. The fourth-order valence-electron chi connectivity index (χ4n) is 4.02. The Balaban J connectivity index is 0.000000645. The van der Waals surface area contributed by atoms with E-state index >= 15 is 0 Å². The highest BCUT2D eigenvalue weighted by molar-refractivity contribution is 5.84. The highest BCUT2D eigenvalue weighted by Gasteiger charge is 2.32. The maximum Gasteiger partial charge on any atom is 0.290 e. The summed E-state index contributed by atoms with van der Waals surface area (Å²) in [6.07, 6.45) is 3.62. The second kappa shape index (κ2) is 7.99. The number of nitrogens with zero attached hydrogens (tertiary/aromatic N) is 7. The molecule has 5 heterocycles. The molecule has 154 valence electrons. The number of carbonyl (C=O) groups is 1. The highest BCUT2D eigenvalue weighted by Crippen LogP contribution is 2.33. The molecule has 0 aliphatic carbocycles. The molecule has 5 rings (SSSR count). The molecule has 0 saturated carbocycles. The number of aromatic nitrogens is 7. The minimum absolute atomic E-state index is 0.224. The monoisotopic (exact) mass is 401 g/mol. The largest absolute Gasteiger partial charge is 0.483 e. The normalized spacial score (nSPS) is 19.5. The number of carboxylic acid groups (broad SMARTS) is 1. The molecule has 0 radical (unpaired) electrons. The Hall–Kier alpha value is -3.28. The van der Waals surface area contributed by atoms with Gasteiger partial charge in [-0.3, -0.25) is 4.79 Å². The number of rotatable bonds is 2. The maximum atomic E-state index is 8.36. The Kier molecular flexibility index (Phi) is 5.25. The predicted octanol–water partition coefficient (Wildman–Crippen LogP) is 0.703. The van der Waals surface area contributed by atoms with E-state index in [1.165, 1.54) is 0 Å². The molecule has 29 heavy (non-hydrogen) atoms. The van der Waals surface area contributed by atoms with Crippen LogP contribution in [0.1, 0.15) is 43.4 Å². The summed E-state index contributed by atoms with van der Waals surface area (Å²) >= 11 is 0. The minimum Gasteiger partial charge on any atom is -0.483 e. The number of fused-ring (bicyclic) bond motifs is 2. The number of anilines is 2. The average Bonchev–Trinajstić information content (AvgIpc) is 3.35. The zero-order chi connectivity index (χ0) is 20.4. The van der Waals surface area contributed by atoms with Gasteiger partial charge in [-0.15, -0.1) is 10.2 Å². The molecule has 3 aromatic rings. The van der Waals surface area contributed by atoms with Crippen molar-refractivity contribution in [3.8, 4) is 0 Å². The standard InChI is InChI=1S/C16H21N9O.CH2O2/c1-9-6-24(15-12-13(19-8-18-12)20-16(17)21-15)7-11-22-23-14(25(9)11)10-2-4-26-5-3-10;2-1-3/h8-10H,2-7H2,1H3,(H3,17,18,19,20,21);1H,(H,2,3)/t9-;/m0./s1. The molecule has 0 aromatic carbocycles. The lowest BCUT2D eigenvalue weighted by molar-refractivity contribution is -0.122. The van der Waals surface area contributed by atoms with Crippen molar-refractivity contribution in [2.45, 2.75) is 38.3 Å². The van der Waals surface area contributed by atoms with Gasteiger partial charge in [0.25, 0.3) is 6.47 Å². The van der Waals surface area contributed by atoms with Crippen molar-refractivity contribution in [1.82, 2.24) is 34.7 Å². The summed E-state index contributed by atoms with van der Waals surface area (Å²) in [6, 6.07) is 0.237. The molecule has 12 heteroatoms. The van der Waals surface area contributed by atoms with Crippen LogP contribution in [0.3, 0.4) is 0 Å². The summed E-state index contributed by atoms with van der Waals surface area (Å²) in [7, 11) is 0. The van der Waals surface area contributed by atoms with Crippen molar-refractivity contribution < 1.29 is 14.6 Å². The Morgan fingerprint density at radius 3 is 2.83 bits per heavy atom. The van der Waals surface area contributed by atoms with E-state index in [-0.39, 0.29) is 18.5 Å². The van der Waals surface area contributed by atoms with Gasteiger partial charge in [-0.05, 0) is 19.8 Å². The first-order chi connectivity index (χ1) is 14.1. The molecule has 0 spiro atoms. The summed E-state index contributed by atoms with van der Waals surface area (Å²) in [5.74, 6) is 3.45. The molecule has 3 aromatic heterocycles. The lowest BCUT2D eigenvalue weighted by Gasteiger charge is -2.34. The van der Waals surface area contributed by atoms with Gasteiger partial charge in [0.05, 0.1) is 18.9 Å². The summed E-state index contributed by atoms with van der Waals surface area (Å²) in [6.45, 7) is 4.96. The number of hydrogen-bond donors (Lipinski definition) is 3. The predicted molar refractivity (Wildman–Crippen MR) is 103 cm³/mol. The second-order valence-corrected chi connectivity index (χ2v) is 7.07. The third-order valence-corrected chi connectivity index (χ3v) is 5.22. The third kappa shape index (κ3) is 3.58. The SMILES string of the molecule is C[C@H]1CN(c2nc(N)nc3nc[nH]c23)Cc2nnc(C3CCOCC3)n21.O=CO. The van der Waals surface area contributed by atoms with Gasteiger partial charge in [-0.25, -0.2) is 4.98 Å². The van der Waals surface area contributed by atoms with Crippen LogP contribution in [0.15, 0.2) is 6.33 Å². The summed E-state index contributed by atoms with van der Waals surface area (Å²) in [5, 5.41) is 15.9. The number of nitrogens with one attached hydrogen (secondary N) is 1. The molecule has 0 unspecified atom stereocenters. The van der Waals surface area contributed by atoms with Gasteiger partial charge in [-0.1, -0.05) is 0 Å². The van der Waals surface area contributed by atoms with Crippen LogP contribution in [-0.2, 0) is 16.1 Å². The summed E-state index contributed by atoms with van der Waals surface area (Å²) in [4.78, 5) is 26.5. The fourth-order valence-corrected chi connectivity index (χ4v) is 4.02. The molecule has 0 amide bonds. The van der Waals surface area contributed by atoms with Crippen molar-refractivity contribution in [2.75, 3.05) is 30.4 Å². The van der Waals surface area contributed by atoms with E-state index in [1.54, 1.807) is 6.33 Å². The quantitative estimate of drug-likeness (QED) is 0.521. The number of hydrogen-bond acceptors (Lipinski definition) is 9. The van der Waals surface area contributed by atoms with Gasteiger partial charge in [-0.2, -0.15) is 9.97 Å². The topological polar surface area (TPSA) is 161 Å². The lowest BCUT2D eigenvalue weighted by Crippen LogP contribution is -2.38. The van der Waals surface area contributed by atoms with Gasteiger partial charge in [0, 0.05) is 25.7 Å². The first-order valence-corrected chi connectivity index (χ1v) is 9.43. The molecule has 1 fully saturated rings. The molecule has 4 N–H and O–H groups in total. The van der Waals surface area contributed by atoms with E-state index in [1.807, 2.05) is 0 Å². The van der Waals surface area contributed by atoms with Crippen LogP contribution < -0.4 is 10.6 Å². The van der Waals surface area contributed by atoms with Gasteiger partial charge >= 0.3 is 0 Å². The van der Waals surface area contributed by atoms with Gasteiger partial charge in [0.15, 0.2) is 17.3 Å². The van der Waals surface area contributed by atoms with Crippen LogP contribution in [0.2, 0.25) is 0 Å². The molecule has 1 saturated heterocycles.